The number of rotatable bonds is 5. The first-order chi connectivity index (χ1) is 8.28. The number of nitrogens with zero attached hydrogens (tertiary/aromatic N) is 1. The Bertz CT molecular complexity index is 360. The van der Waals surface area contributed by atoms with Crippen molar-refractivity contribution in [1.29, 1.82) is 0 Å². The molecule has 0 saturated heterocycles. The van der Waals surface area contributed by atoms with E-state index in [1.807, 2.05) is 24.5 Å². The van der Waals surface area contributed by atoms with Crippen molar-refractivity contribution >= 4 is 8.32 Å². The summed E-state index contributed by atoms with van der Waals surface area (Å²) in [5, 5.41) is 0.215. The third-order valence-corrected chi connectivity index (χ3v) is 8.24. The predicted molar refractivity (Wildman–Crippen MR) is 78.9 cm³/mol. The van der Waals surface area contributed by atoms with Gasteiger partial charge in [0.15, 0.2) is 8.32 Å². The minimum Gasteiger partial charge on any atom is -0.410 e. The van der Waals surface area contributed by atoms with E-state index >= 15 is 0 Å². The van der Waals surface area contributed by atoms with Crippen LogP contribution in [0.3, 0.4) is 0 Å². The highest BCUT2D eigenvalue weighted by Crippen LogP contribution is 2.40. The summed E-state index contributed by atoms with van der Waals surface area (Å²) in [6.45, 7) is 12.0. The van der Waals surface area contributed by atoms with E-state index in [2.05, 4.69) is 38.8 Å². The van der Waals surface area contributed by atoms with Gasteiger partial charge in [-0.25, -0.2) is 0 Å². The summed E-state index contributed by atoms with van der Waals surface area (Å²) in [5.74, 6) is 0. The maximum atomic E-state index is 6.46. The highest BCUT2D eigenvalue weighted by Gasteiger charge is 2.39. The molecule has 2 N–H and O–H groups in total. The Morgan fingerprint density at radius 3 is 2.28 bits per heavy atom. The fourth-order valence-electron chi connectivity index (χ4n) is 1.56. The molecule has 0 bridgehead atoms. The van der Waals surface area contributed by atoms with Crippen LogP contribution in [0.5, 0.6) is 0 Å². The normalized spacial score (nSPS) is 14.6. The van der Waals surface area contributed by atoms with Crippen LogP contribution in [0, 0.1) is 0 Å². The maximum Gasteiger partial charge on any atom is 0.192 e. The fraction of sp³-hybridized carbons (Fsp3) is 0.643. The van der Waals surface area contributed by atoms with Gasteiger partial charge < -0.3 is 10.2 Å². The summed E-state index contributed by atoms with van der Waals surface area (Å²) < 4.78 is 6.46. The molecule has 102 valence electrons. The molecule has 0 radical (unpaired) electrons. The van der Waals surface area contributed by atoms with Gasteiger partial charge in [-0.3, -0.25) is 4.98 Å². The quantitative estimate of drug-likeness (QED) is 0.830. The minimum atomic E-state index is -1.76. The van der Waals surface area contributed by atoms with E-state index in [1.165, 1.54) is 5.56 Å². The average molecular weight is 266 g/mol. The number of hydrogen-bond donors (Lipinski definition) is 1. The lowest BCUT2D eigenvalue weighted by Crippen LogP contribution is -2.42. The third-order valence-electron chi connectivity index (χ3n) is 3.75. The largest absolute Gasteiger partial charge is 0.410 e. The molecule has 0 aromatic carbocycles. The number of aromatic nitrogens is 1. The van der Waals surface area contributed by atoms with Crippen LogP contribution in [-0.2, 0) is 4.43 Å². The maximum absolute atomic E-state index is 6.46. The third kappa shape index (κ3) is 3.90. The first kappa shape index (κ1) is 15.3. The minimum absolute atomic E-state index is 0.0962. The summed E-state index contributed by atoms with van der Waals surface area (Å²) in [6, 6.07) is 4.04. The fourth-order valence-corrected chi connectivity index (χ4v) is 2.87. The lowest BCUT2D eigenvalue weighted by Gasteiger charge is -2.39. The molecule has 1 unspecified atom stereocenters. The van der Waals surface area contributed by atoms with Crippen LogP contribution in [0.2, 0.25) is 18.1 Å². The van der Waals surface area contributed by atoms with Crippen molar-refractivity contribution in [1.82, 2.24) is 4.98 Å². The zero-order valence-corrected chi connectivity index (χ0v) is 13.2. The molecule has 0 aliphatic heterocycles. The van der Waals surface area contributed by atoms with Gasteiger partial charge in [0.2, 0.25) is 0 Å². The van der Waals surface area contributed by atoms with E-state index in [0.29, 0.717) is 6.54 Å². The van der Waals surface area contributed by atoms with Gasteiger partial charge in [0.25, 0.3) is 0 Å². The Kier molecular flexibility index (Phi) is 5.07. The Labute approximate surface area is 112 Å². The van der Waals surface area contributed by atoms with E-state index in [4.69, 9.17) is 10.2 Å². The topological polar surface area (TPSA) is 48.1 Å². The Balaban J connectivity index is 2.88. The molecule has 0 fully saturated rings. The van der Waals surface area contributed by atoms with Crippen LogP contribution in [-0.4, -0.2) is 19.8 Å². The standard InChI is InChI=1S/C14H26N2OSi/c1-14(2,3)18(4,5)17-13(6-9-15)12-7-10-16-11-8-12/h7-8,10-11,13H,6,9,15H2,1-5H3. The van der Waals surface area contributed by atoms with E-state index in [1.54, 1.807) is 0 Å². The number of nitrogens with two attached hydrogens (primary N) is 1. The molecule has 1 aromatic heterocycles. The second-order valence-corrected chi connectivity index (χ2v) is 11.0. The molecular weight excluding hydrogens is 240 g/mol. The van der Waals surface area contributed by atoms with Gasteiger partial charge in [-0.2, -0.15) is 0 Å². The monoisotopic (exact) mass is 266 g/mol. The van der Waals surface area contributed by atoms with Gasteiger partial charge in [0, 0.05) is 12.4 Å². The molecule has 18 heavy (non-hydrogen) atoms. The van der Waals surface area contributed by atoms with Crippen LogP contribution in [0.25, 0.3) is 0 Å². The van der Waals surface area contributed by atoms with Crippen molar-refractivity contribution in [3.63, 3.8) is 0 Å². The summed E-state index contributed by atoms with van der Waals surface area (Å²) in [4.78, 5) is 4.06. The Hall–Kier alpha value is -0.713. The Morgan fingerprint density at radius 1 is 1.28 bits per heavy atom. The zero-order chi connectivity index (χ0) is 13.8. The first-order valence-electron chi connectivity index (χ1n) is 6.56. The SMILES string of the molecule is CC(C)(C)[Si](C)(C)OC(CCN)c1ccncc1. The highest BCUT2D eigenvalue weighted by atomic mass is 28.4. The van der Waals surface area contributed by atoms with E-state index in [-0.39, 0.29) is 11.1 Å². The van der Waals surface area contributed by atoms with Crippen LogP contribution < -0.4 is 5.73 Å². The van der Waals surface area contributed by atoms with Crippen molar-refractivity contribution in [2.45, 2.75) is 51.4 Å². The second-order valence-electron chi connectivity index (χ2n) is 6.22. The molecule has 1 aromatic rings. The van der Waals surface area contributed by atoms with Gasteiger partial charge in [-0.05, 0) is 48.8 Å². The molecule has 0 spiro atoms. The molecule has 3 nitrogen and oxygen atoms in total. The highest BCUT2D eigenvalue weighted by molar-refractivity contribution is 6.74. The molecule has 0 saturated carbocycles. The number of hydrogen-bond acceptors (Lipinski definition) is 3. The van der Waals surface area contributed by atoms with Gasteiger partial charge in [-0.15, -0.1) is 0 Å². The lowest BCUT2D eigenvalue weighted by molar-refractivity contribution is 0.176. The number of pyridine rings is 1. The molecule has 0 aliphatic rings. The molecule has 0 aliphatic carbocycles. The van der Waals surface area contributed by atoms with E-state index in [9.17, 15) is 0 Å². The van der Waals surface area contributed by atoms with Crippen molar-refractivity contribution < 1.29 is 4.43 Å². The van der Waals surface area contributed by atoms with Gasteiger partial charge >= 0.3 is 0 Å². The van der Waals surface area contributed by atoms with Gasteiger partial charge in [0.1, 0.15) is 0 Å². The smallest absolute Gasteiger partial charge is 0.192 e. The van der Waals surface area contributed by atoms with Crippen molar-refractivity contribution in [2.75, 3.05) is 6.54 Å². The van der Waals surface area contributed by atoms with Crippen LogP contribution in [0.4, 0.5) is 0 Å². The second kappa shape index (κ2) is 5.95. The van der Waals surface area contributed by atoms with Crippen molar-refractivity contribution in [2.24, 2.45) is 5.73 Å². The van der Waals surface area contributed by atoms with Crippen LogP contribution in [0.15, 0.2) is 24.5 Å². The van der Waals surface area contributed by atoms with Gasteiger partial charge in [-0.1, -0.05) is 20.8 Å². The molecule has 0 amide bonds. The zero-order valence-electron chi connectivity index (χ0n) is 12.2. The Morgan fingerprint density at radius 2 is 1.83 bits per heavy atom. The lowest BCUT2D eigenvalue weighted by atomic mass is 10.1. The summed E-state index contributed by atoms with van der Waals surface area (Å²) in [7, 11) is -1.76. The average Bonchev–Trinajstić information content (AvgIpc) is 2.28. The van der Waals surface area contributed by atoms with Crippen LogP contribution in [0.1, 0.15) is 38.9 Å². The van der Waals surface area contributed by atoms with Crippen molar-refractivity contribution in [3.05, 3.63) is 30.1 Å². The molecular formula is C14H26N2OSi. The van der Waals surface area contributed by atoms with E-state index < -0.39 is 8.32 Å². The van der Waals surface area contributed by atoms with Crippen molar-refractivity contribution in [3.8, 4) is 0 Å². The van der Waals surface area contributed by atoms with E-state index in [0.717, 1.165) is 6.42 Å². The predicted octanol–water partition coefficient (Wildman–Crippen LogP) is 3.49. The summed E-state index contributed by atoms with van der Waals surface area (Å²) in [6.07, 6.45) is 4.58. The molecule has 1 rings (SSSR count). The molecule has 4 heteroatoms. The van der Waals surface area contributed by atoms with Crippen LogP contribution >= 0.6 is 0 Å². The van der Waals surface area contributed by atoms with Gasteiger partial charge in [0.05, 0.1) is 6.10 Å². The summed E-state index contributed by atoms with van der Waals surface area (Å²) >= 11 is 0. The molecule has 1 atom stereocenters. The summed E-state index contributed by atoms with van der Waals surface area (Å²) in [5.41, 5.74) is 6.90. The molecule has 1 heterocycles. The first-order valence-corrected chi connectivity index (χ1v) is 9.46.